The zero-order valence-electron chi connectivity index (χ0n) is 10.1. The molecule has 0 aliphatic heterocycles. The Kier molecular flexibility index (Phi) is 4.76. The van der Waals surface area contributed by atoms with E-state index in [1.807, 2.05) is 30.9 Å². The zero-order chi connectivity index (χ0) is 12.0. The molecule has 0 spiro atoms. The van der Waals surface area contributed by atoms with Crippen LogP contribution in [-0.4, -0.2) is 30.6 Å². The first-order valence-corrected chi connectivity index (χ1v) is 5.50. The molecule has 0 amide bonds. The molecular formula is C12H18N2O2. The van der Waals surface area contributed by atoms with Crippen LogP contribution in [0.1, 0.15) is 19.4 Å². The molecule has 0 aliphatic carbocycles. The van der Waals surface area contributed by atoms with E-state index < -0.39 is 0 Å². The van der Waals surface area contributed by atoms with Crippen molar-refractivity contribution in [2.45, 2.75) is 20.8 Å². The van der Waals surface area contributed by atoms with Crippen LogP contribution in [0.2, 0.25) is 0 Å². The number of anilines is 1. The highest BCUT2D eigenvalue weighted by molar-refractivity contribution is 5.75. The zero-order valence-corrected chi connectivity index (χ0v) is 10.1. The Labute approximate surface area is 96.2 Å². The van der Waals surface area contributed by atoms with E-state index in [1.54, 1.807) is 13.1 Å². The third-order valence-corrected chi connectivity index (χ3v) is 2.23. The number of carbonyl (C=O) groups is 1. The highest BCUT2D eigenvalue weighted by Gasteiger charge is 2.11. The third kappa shape index (κ3) is 3.53. The highest BCUT2D eigenvalue weighted by Crippen LogP contribution is 2.11. The average molecular weight is 222 g/mol. The topological polar surface area (TPSA) is 42.4 Å². The molecule has 0 unspecified atom stereocenters. The van der Waals surface area contributed by atoms with Crippen LogP contribution in [0.3, 0.4) is 0 Å². The van der Waals surface area contributed by atoms with Crippen molar-refractivity contribution in [3.8, 4) is 0 Å². The summed E-state index contributed by atoms with van der Waals surface area (Å²) in [4.78, 5) is 17.5. The van der Waals surface area contributed by atoms with Crippen molar-refractivity contribution in [2.24, 2.45) is 0 Å². The van der Waals surface area contributed by atoms with Gasteiger partial charge in [-0.3, -0.25) is 4.79 Å². The fourth-order valence-corrected chi connectivity index (χ4v) is 1.41. The summed E-state index contributed by atoms with van der Waals surface area (Å²) < 4.78 is 4.92. The van der Waals surface area contributed by atoms with Crippen molar-refractivity contribution in [3.63, 3.8) is 0 Å². The van der Waals surface area contributed by atoms with Crippen LogP contribution < -0.4 is 4.90 Å². The molecule has 0 atom stereocenters. The molecule has 1 aromatic rings. The number of aryl methyl sites for hydroxylation is 1. The molecule has 0 aliphatic rings. The van der Waals surface area contributed by atoms with Crippen LogP contribution in [0.25, 0.3) is 0 Å². The molecular weight excluding hydrogens is 204 g/mol. The van der Waals surface area contributed by atoms with Crippen molar-refractivity contribution in [3.05, 3.63) is 23.9 Å². The Morgan fingerprint density at radius 2 is 2.25 bits per heavy atom. The fourth-order valence-electron chi connectivity index (χ4n) is 1.41. The maximum absolute atomic E-state index is 11.4. The van der Waals surface area contributed by atoms with Crippen LogP contribution in [-0.2, 0) is 9.53 Å². The number of hydrogen-bond donors (Lipinski definition) is 0. The van der Waals surface area contributed by atoms with Gasteiger partial charge in [0.05, 0.1) is 6.61 Å². The van der Waals surface area contributed by atoms with E-state index in [0.29, 0.717) is 6.61 Å². The van der Waals surface area contributed by atoms with Gasteiger partial charge in [-0.05, 0) is 38.5 Å². The Morgan fingerprint density at radius 1 is 1.50 bits per heavy atom. The predicted molar refractivity (Wildman–Crippen MR) is 63.5 cm³/mol. The minimum absolute atomic E-state index is 0.215. The van der Waals surface area contributed by atoms with Gasteiger partial charge in [-0.2, -0.15) is 0 Å². The molecule has 0 fully saturated rings. The second-order valence-corrected chi connectivity index (χ2v) is 3.51. The largest absolute Gasteiger partial charge is 0.465 e. The van der Waals surface area contributed by atoms with Crippen molar-refractivity contribution in [1.29, 1.82) is 0 Å². The van der Waals surface area contributed by atoms with Crippen LogP contribution in [0.15, 0.2) is 18.3 Å². The van der Waals surface area contributed by atoms with Gasteiger partial charge in [-0.1, -0.05) is 0 Å². The van der Waals surface area contributed by atoms with Gasteiger partial charge >= 0.3 is 5.97 Å². The number of esters is 1. The van der Waals surface area contributed by atoms with E-state index in [-0.39, 0.29) is 12.5 Å². The van der Waals surface area contributed by atoms with Gasteiger partial charge in [-0.25, -0.2) is 4.98 Å². The number of aromatic nitrogens is 1. The van der Waals surface area contributed by atoms with Crippen molar-refractivity contribution in [1.82, 2.24) is 4.98 Å². The van der Waals surface area contributed by atoms with Crippen molar-refractivity contribution < 1.29 is 9.53 Å². The van der Waals surface area contributed by atoms with E-state index in [0.717, 1.165) is 17.9 Å². The van der Waals surface area contributed by atoms with Gasteiger partial charge in [0.25, 0.3) is 0 Å². The van der Waals surface area contributed by atoms with Gasteiger partial charge in [0.2, 0.25) is 0 Å². The van der Waals surface area contributed by atoms with Gasteiger partial charge in [0.1, 0.15) is 12.4 Å². The summed E-state index contributed by atoms with van der Waals surface area (Å²) in [5.41, 5.74) is 1.13. The molecule has 1 heterocycles. The molecule has 0 N–H and O–H groups in total. The van der Waals surface area contributed by atoms with Gasteiger partial charge in [-0.15, -0.1) is 0 Å². The van der Waals surface area contributed by atoms with Crippen LogP contribution >= 0.6 is 0 Å². The Hall–Kier alpha value is -1.58. The lowest BCUT2D eigenvalue weighted by molar-refractivity contribution is -0.141. The molecule has 0 saturated heterocycles. The highest BCUT2D eigenvalue weighted by atomic mass is 16.5. The third-order valence-electron chi connectivity index (χ3n) is 2.23. The minimum Gasteiger partial charge on any atom is -0.465 e. The standard InChI is InChI=1S/C12H18N2O2/c1-4-14(9-12(15)16-5-2)11-8-10(3)6-7-13-11/h6-8H,4-5,9H2,1-3H3. The molecule has 0 bridgehead atoms. The van der Waals surface area contributed by atoms with E-state index in [9.17, 15) is 4.79 Å². The first-order valence-electron chi connectivity index (χ1n) is 5.50. The van der Waals surface area contributed by atoms with Crippen molar-refractivity contribution >= 4 is 11.8 Å². The van der Waals surface area contributed by atoms with E-state index in [2.05, 4.69) is 4.98 Å². The summed E-state index contributed by atoms with van der Waals surface area (Å²) in [6.07, 6.45) is 1.75. The molecule has 0 aromatic carbocycles. The van der Waals surface area contributed by atoms with Crippen LogP contribution in [0.4, 0.5) is 5.82 Å². The van der Waals surface area contributed by atoms with Gasteiger partial charge in [0, 0.05) is 12.7 Å². The lowest BCUT2D eigenvalue weighted by atomic mass is 10.3. The second kappa shape index (κ2) is 6.10. The summed E-state index contributed by atoms with van der Waals surface area (Å²) in [6, 6.07) is 3.89. The molecule has 4 nitrogen and oxygen atoms in total. The maximum atomic E-state index is 11.4. The molecule has 0 saturated carbocycles. The molecule has 4 heteroatoms. The van der Waals surface area contributed by atoms with Crippen LogP contribution in [0, 0.1) is 6.92 Å². The van der Waals surface area contributed by atoms with E-state index >= 15 is 0 Å². The quantitative estimate of drug-likeness (QED) is 0.712. The number of nitrogens with zero attached hydrogens (tertiary/aromatic N) is 2. The smallest absolute Gasteiger partial charge is 0.325 e. The first kappa shape index (κ1) is 12.5. The first-order chi connectivity index (χ1) is 7.67. The van der Waals surface area contributed by atoms with Gasteiger partial charge < -0.3 is 9.64 Å². The fraction of sp³-hybridized carbons (Fsp3) is 0.500. The molecule has 1 rings (SSSR count). The summed E-state index contributed by atoms with van der Waals surface area (Å²) in [5, 5.41) is 0. The van der Waals surface area contributed by atoms with Crippen LogP contribution in [0.5, 0.6) is 0 Å². The average Bonchev–Trinajstić information content (AvgIpc) is 2.26. The second-order valence-electron chi connectivity index (χ2n) is 3.51. The number of rotatable bonds is 5. The minimum atomic E-state index is -0.215. The van der Waals surface area contributed by atoms with E-state index in [1.165, 1.54) is 0 Å². The van der Waals surface area contributed by atoms with Crippen molar-refractivity contribution in [2.75, 3.05) is 24.6 Å². The lowest BCUT2D eigenvalue weighted by Crippen LogP contribution is -2.31. The number of likely N-dealkylation sites (N-methyl/N-ethyl adjacent to an activating group) is 1. The summed E-state index contributed by atoms with van der Waals surface area (Å²) in [5.74, 6) is 0.600. The predicted octanol–water partition coefficient (Wildman–Crippen LogP) is 1.78. The molecule has 1 aromatic heterocycles. The Bertz CT molecular complexity index is 353. The SMILES string of the molecule is CCOC(=O)CN(CC)c1cc(C)ccn1. The lowest BCUT2D eigenvalue weighted by Gasteiger charge is -2.20. The maximum Gasteiger partial charge on any atom is 0.325 e. The number of ether oxygens (including phenoxy) is 1. The van der Waals surface area contributed by atoms with E-state index in [4.69, 9.17) is 4.74 Å². The summed E-state index contributed by atoms with van der Waals surface area (Å²) >= 11 is 0. The molecule has 88 valence electrons. The number of pyridine rings is 1. The number of carbonyl (C=O) groups excluding carboxylic acids is 1. The molecule has 16 heavy (non-hydrogen) atoms. The monoisotopic (exact) mass is 222 g/mol. The van der Waals surface area contributed by atoms with Gasteiger partial charge in [0.15, 0.2) is 0 Å². The number of hydrogen-bond acceptors (Lipinski definition) is 4. The summed E-state index contributed by atoms with van der Waals surface area (Å²) in [7, 11) is 0. The normalized spacial score (nSPS) is 9.94. The molecule has 0 radical (unpaired) electrons. The Morgan fingerprint density at radius 3 is 2.81 bits per heavy atom. The Balaban J connectivity index is 2.70. The summed E-state index contributed by atoms with van der Waals surface area (Å²) in [6.45, 7) is 7.19.